The van der Waals surface area contributed by atoms with Gasteiger partial charge in [-0.25, -0.2) is 0 Å². The molecular weight excluding hydrogens is 254 g/mol. The normalized spacial score (nSPS) is 10.4. The van der Waals surface area contributed by atoms with Crippen LogP contribution >= 0.6 is 11.3 Å². The third-order valence-corrected chi connectivity index (χ3v) is 3.73. The topological polar surface area (TPSA) is 29.1 Å². The van der Waals surface area contributed by atoms with Gasteiger partial charge in [0, 0.05) is 12.1 Å². The molecule has 0 spiro atoms. The molecule has 0 atom stereocenters. The minimum Gasteiger partial charge on any atom is -0.326 e. The van der Waals surface area contributed by atoms with Crippen LogP contribution in [0.15, 0.2) is 41.1 Å². The fraction of sp³-hybridized carbons (Fsp3) is 0.312. The van der Waals surface area contributed by atoms with Crippen LogP contribution in [-0.4, -0.2) is 5.91 Å². The Kier molecular flexibility index (Phi) is 5.16. The molecule has 0 radical (unpaired) electrons. The van der Waals surface area contributed by atoms with Crippen LogP contribution in [-0.2, 0) is 17.6 Å². The molecule has 2 rings (SSSR count). The van der Waals surface area contributed by atoms with E-state index in [9.17, 15) is 4.79 Å². The average molecular weight is 273 g/mol. The Morgan fingerprint density at radius 1 is 1.11 bits per heavy atom. The van der Waals surface area contributed by atoms with E-state index in [0.717, 1.165) is 24.9 Å². The fourth-order valence-corrected chi connectivity index (χ4v) is 2.66. The highest BCUT2D eigenvalue weighted by Crippen LogP contribution is 2.13. The number of hydrogen-bond donors (Lipinski definition) is 1. The lowest BCUT2D eigenvalue weighted by atomic mass is 10.1. The molecule has 2 nitrogen and oxygen atoms in total. The third-order valence-electron chi connectivity index (χ3n) is 3.00. The van der Waals surface area contributed by atoms with Gasteiger partial charge in [0.05, 0.1) is 0 Å². The van der Waals surface area contributed by atoms with Crippen LogP contribution in [0.25, 0.3) is 0 Å². The first-order valence-electron chi connectivity index (χ1n) is 6.68. The van der Waals surface area contributed by atoms with Gasteiger partial charge in [0.15, 0.2) is 0 Å². The van der Waals surface area contributed by atoms with Gasteiger partial charge >= 0.3 is 0 Å². The monoisotopic (exact) mass is 273 g/mol. The van der Waals surface area contributed by atoms with Gasteiger partial charge in [0.25, 0.3) is 0 Å². The van der Waals surface area contributed by atoms with Crippen molar-refractivity contribution in [1.82, 2.24) is 0 Å². The summed E-state index contributed by atoms with van der Waals surface area (Å²) in [6.07, 6.45) is 3.58. The highest BCUT2D eigenvalue weighted by Gasteiger charge is 2.03. The number of hydrogen-bond acceptors (Lipinski definition) is 2. The van der Waals surface area contributed by atoms with Crippen molar-refractivity contribution in [2.45, 2.75) is 32.6 Å². The van der Waals surface area contributed by atoms with Crippen molar-refractivity contribution in [2.75, 3.05) is 5.32 Å². The molecule has 0 aliphatic heterocycles. The summed E-state index contributed by atoms with van der Waals surface area (Å²) in [5.74, 6) is 0.0782. The number of amides is 1. The Bertz CT molecular complexity index is 502. The summed E-state index contributed by atoms with van der Waals surface area (Å²) in [7, 11) is 0. The van der Waals surface area contributed by atoms with Crippen molar-refractivity contribution < 1.29 is 4.79 Å². The molecule has 0 aliphatic rings. The summed E-state index contributed by atoms with van der Waals surface area (Å²) < 4.78 is 0. The van der Waals surface area contributed by atoms with Crippen LogP contribution in [0, 0.1) is 0 Å². The summed E-state index contributed by atoms with van der Waals surface area (Å²) >= 11 is 1.67. The highest BCUT2D eigenvalue weighted by atomic mass is 32.1. The van der Waals surface area contributed by atoms with E-state index in [1.54, 1.807) is 11.3 Å². The predicted octanol–water partition coefficient (Wildman–Crippen LogP) is 4.27. The van der Waals surface area contributed by atoms with E-state index in [2.05, 4.69) is 35.8 Å². The zero-order chi connectivity index (χ0) is 13.5. The van der Waals surface area contributed by atoms with Gasteiger partial charge in [0.2, 0.25) is 5.91 Å². The number of thiophene rings is 1. The van der Waals surface area contributed by atoms with Crippen LogP contribution in [0.1, 0.15) is 30.9 Å². The standard InChI is InChI=1S/C16H19NOS/c1-2-3-13-4-7-15(8-5-13)17-16(18)9-6-14-10-11-19-12-14/h4-5,7-8,10-12H,2-3,6,9H2,1H3,(H,17,18). The number of nitrogens with one attached hydrogen (secondary N) is 1. The molecule has 100 valence electrons. The molecule has 0 bridgehead atoms. The lowest BCUT2D eigenvalue weighted by Gasteiger charge is -2.06. The Morgan fingerprint density at radius 3 is 2.53 bits per heavy atom. The first-order valence-corrected chi connectivity index (χ1v) is 7.62. The summed E-state index contributed by atoms with van der Waals surface area (Å²) in [6.45, 7) is 2.17. The quantitative estimate of drug-likeness (QED) is 0.836. The van der Waals surface area contributed by atoms with E-state index in [-0.39, 0.29) is 5.91 Å². The molecule has 2 aromatic rings. The smallest absolute Gasteiger partial charge is 0.224 e. The van der Waals surface area contributed by atoms with Gasteiger partial charge < -0.3 is 5.32 Å². The first kappa shape index (κ1) is 13.8. The first-order chi connectivity index (χ1) is 9.28. The zero-order valence-corrected chi connectivity index (χ0v) is 12.0. The Balaban J connectivity index is 1.81. The lowest BCUT2D eigenvalue weighted by Crippen LogP contribution is -2.12. The fourth-order valence-electron chi connectivity index (χ4n) is 1.96. The predicted molar refractivity (Wildman–Crippen MR) is 81.7 cm³/mol. The Hall–Kier alpha value is -1.61. The molecule has 0 fully saturated rings. The Morgan fingerprint density at radius 2 is 1.89 bits per heavy atom. The second-order valence-corrected chi connectivity index (χ2v) is 5.41. The zero-order valence-electron chi connectivity index (χ0n) is 11.2. The van der Waals surface area contributed by atoms with Crippen molar-refractivity contribution >= 4 is 22.9 Å². The minimum absolute atomic E-state index is 0.0782. The highest BCUT2D eigenvalue weighted by molar-refractivity contribution is 7.07. The van der Waals surface area contributed by atoms with Crippen molar-refractivity contribution in [3.05, 3.63) is 52.2 Å². The lowest BCUT2D eigenvalue weighted by molar-refractivity contribution is -0.116. The van der Waals surface area contributed by atoms with Crippen molar-refractivity contribution in [1.29, 1.82) is 0 Å². The van der Waals surface area contributed by atoms with Gasteiger partial charge in [-0.3, -0.25) is 4.79 Å². The van der Waals surface area contributed by atoms with Gasteiger partial charge in [-0.05, 0) is 52.9 Å². The second kappa shape index (κ2) is 7.10. The van der Waals surface area contributed by atoms with Crippen LogP contribution < -0.4 is 5.32 Å². The van der Waals surface area contributed by atoms with E-state index in [1.165, 1.54) is 11.1 Å². The number of carbonyl (C=O) groups excluding carboxylic acids is 1. The molecule has 3 heteroatoms. The molecule has 0 saturated heterocycles. The van der Waals surface area contributed by atoms with E-state index < -0.39 is 0 Å². The minimum atomic E-state index is 0.0782. The van der Waals surface area contributed by atoms with Crippen LogP contribution in [0.2, 0.25) is 0 Å². The van der Waals surface area contributed by atoms with E-state index >= 15 is 0 Å². The maximum absolute atomic E-state index is 11.8. The van der Waals surface area contributed by atoms with Crippen molar-refractivity contribution in [3.8, 4) is 0 Å². The maximum Gasteiger partial charge on any atom is 0.224 e. The maximum atomic E-state index is 11.8. The molecule has 1 aromatic carbocycles. The molecule has 0 aliphatic carbocycles. The van der Waals surface area contributed by atoms with Crippen LogP contribution in [0.5, 0.6) is 0 Å². The molecule has 1 aromatic heterocycles. The molecule has 19 heavy (non-hydrogen) atoms. The number of aryl methyl sites for hydroxylation is 2. The number of anilines is 1. The molecule has 0 unspecified atom stereocenters. The van der Waals surface area contributed by atoms with Gasteiger partial charge in [-0.2, -0.15) is 11.3 Å². The summed E-state index contributed by atoms with van der Waals surface area (Å²) in [5.41, 5.74) is 3.44. The van der Waals surface area contributed by atoms with E-state index in [4.69, 9.17) is 0 Å². The second-order valence-electron chi connectivity index (χ2n) is 4.63. The summed E-state index contributed by atoms with van der Waals surface area (Å²) in [4.78, 5) is 11.8. The number of carbonyl (C=O) groups is 1. The molecule has 0 saturated carbocycles. The van der Waals surface area contributed by atoms with E-state index in [0.29, 0.717) is 6.42 Å². The van der Waals surface area contributed by atoms with Crippen molar-refractivity contribution in [3.63, 3.8) is 0 Å². The Labute approximate surface area is 118 Å². The average Bonchev–Trinajstić information content (AvgIpc) is 2.92. The van der Waals surface area contributed by atoms with Gasteiger partial charge in [-0.1, -0.05) is 25.5 Å². The SMILES string of the molecule is CCCc1ccc(NC(=O)CCc2ccsc2)cc1. The summed E-state index contributed by atoms with van der Waals surface area (Å²) in [6, 6.07) is 10.2. The molecule has 1 amide bonds. The van der Waals surface area contributed by atoms with Crippen LogP contribution in [0.4, 0.5) is 5.69 Å². The largest absolute Gasteiger partial charge is 0.326 e. The molecule has 1 N–H and O–H groups in total. The van der Waals surface area contributed by atoms with Crippen molar-refractivity contribution in [2.24, 2.45) is 0 Å². The third kappa shape index (κ3) is 4.52. The molecular formula is C16H19NOS. The van der Waals surface area contributed by atoms with Gasteiger partial charge in [-0.15, -0.1) is 0 Å². The van der Waals surface area contributed by atoms with E-state index in [1.807, 2.05) is 17.5 Å². The number of rotatable bonds is 6. The molecule has 1 heterocycles. The summed E-state index contributed by atoms with van der Waals surface area (Å²) in [5, 5.41) is 7.07. The van der Waals surface area contributed by atoms with Crippen LogP contribution in [0.3, 0.4) is 0 Å². The number of benzene rings is 1. The van der Waals surface area contributed by atoms with Gasteiger partial charge in [0.1, 0.15) is 0 Å².